The summed E-state index contributed by atoms with van der Waals surface area (Å²) >= 11 is 0. The van der Waals surface area contributed by atoms with Crippen LogP contribution in [0.2, 0.25) is 0 Å². The Balaban J connectivity index is 2.93. The lowest BCUT2D eigenvalue weighted by Gasteiger charge is -2.26. The summed E-state index contributed by atoms with van der Waals surface area (Å²) in [5.41, 5.74) is 5.23. The number of carboxylic acid groups (broad SMARTS) is 1. The first-order valence-corrected chi connectivity index (χ1v) is 10.6. The van der Waals surface area contributed by atoms with Crippen molar-refractivity contribution in [3.63, 3.8) is 0 Å². The van der Waals surface area contributed by atoms with Gasteiger partial charge >= 0.3 is 5.97 Å². The van der Waals surface area contributed by atoms with Gasteiger partial charge < -0.3 is 32.1 Å². The number of nitrogens with two attached hydrogens (primary N) is 1. The van der Waals surface area contributed by atoms with Crippen LogP contribution in [-0.4, -0.2) is 65.4 Å². The summed E-state index contributed by atoms with van der Waals surface area (Å²) in [6, 6.07) is -3.85. The molecule has 1 aliphatic heterocycles. The van der Waals surface area contributed by atoms with Gasteiger partial charge in [-0.1, -0.05) is 27.7 Å². The number of carbonyl (C=O) groups is 5. The first-order valence-electron chi connectivity index (χ1n) is 10.6. The van der Waals surface area contributed by atoms with Crippen LogP contribution in [0.3, 0.4) is 0 Å². The largest absolute Gasteiger partial charge is 0.480 e. The fourth-order valence-corrected chi connectivity index (χ4v) is 3.33. The number of amides is 4. The van der Waals surface area contributed by atoms with Gasteiger partial charge in [0, 0.05) is 0 Å². The Bertz CT molecular complexity index is 675. The predicted molar refractivity (Wildman–Crippen MR) is 113 cm³/mol. The zero-order valence-electron chi connectivity index (χ0n) is 18.6. The monoisotopic (exact) mass is 441 g/mol. The van der Waals surface area contributed by atoms with E-state index in [9.17, 15) is 29.1 Å². The van der Waals surface area contributed by atoms with E-state index >= 15 is 0 Å². The molecule has 4 atom stereocenters. The number of hydrogen-bond acceptors (Lipinski definition) is 6. The van der Waals surface area contributed by atoms with Gasteiger partial charge in [0.15, 0.2) is 0 Å². The van der Waals surface area contributed by atoms with Gasteiger partial charge in [0.05, 0.1) is 12.5 Å². The Kier molecular flexibility index (Phi) is 10.4. The Hall–Kier alpha value is -2.69. The molecular formula is C20H35N5O6. The maximum Gasteiger partial charge on any atom is 0.326 e. The van der Waals surface area contributed by atoms with Crippen molar-refractivity contribution in [2.45, 2.75) is 77.5 Å². The summed E-state index contributed by atoms with van der Waals surface area (Å²) < 4.78 is 0. The highest BCUT2D eigenvalue weighted by molar-refractivity contribution is 5.96. The maximum absolute atomic E-state index is 12.8. The molecule has 11 heteroatoms. The molecule has 1 saturated heterocycles. The van der Waals surface area contributed by atoms with E-state index in [4.69, 9.17) is 5.73 Å². The van der Waals surface area contributed by atoms with Gasteiger partial charge in [-0.05, 0) is 37.6 Å². The number of carbonyl (C=O) groups excluding carboxylic acids is 4. The second kappa shape index (κ2) is 12.2. The molecule has 0 radical (unpaired) electrons. The van der Waals surface area contributed by atoms with Crippen molar-refractivity contribution in [2.75, 3.05) is 6.54 Å². The Morgan fingerprint density at radius 1 is 1.00 bits per heavy atom. The van der Waals surface area contributed by atoms with Gasteiger partial charge in [0.25, 0.3) is 0 Å². The van der Waals surface area contributed by atoms with Crippen molar-refractivity contribution in [3.05, 3.63) is 0 Å². The molecule has 4 unspecified atom stereocenters. The van der Waals surface area contributed by atoms with Crippen LogP contribution in [0.5, 0.6) is 0 Å². The molecule has 1 rings (SSSR count). The second-order valence-electron chi connectivity index (χ2n) is 8.64. The van der Waals surface area contributed by atoms with E-state index in [1.807, 2.05) is 13.8 Å². The van der Waals surface area contributed by atoms with Crippen LogP contribution < -0.4 is 27.0 Å². The van der Waals surface area contributed by atoms with Gasteiger partial charge in [-0.2, -0.15) is 0 Å². The highest BCUT2D eigenvalue weighted by Crippen LogP contribution is 2.10. The van der Waals surface area contributed by atoms with E-state index < -0.39 is 60.2 Å². The number of rotatable bonds is 12. The molecule has 31 heavy (non-hydrogen) atoms. The summed E-state index contributed by atoms with van der Waals surface area (Å²) in [5.74, 6) is -4.12. The number of primary amides is 1. The molecule has 1 fully saturated rings. The van der Waals surface area contributed by atoms with E-state index in [1.54, 1.807) is 13.8 Å². The third-order valence-corrected chi connectivity index (χ3v) is 4.99. The SMILES string of the molecule is CC(C)CC(NC(=O)C(CC(N)=O)NC(=O)C1CCCN1)C(=O)NC(C(=O)O)C(C)C. The van der Waals surface area contributed by atoms with Crippen molar-refractivity contribution in [1.29, 1.82) is 0 Å². The fraction of sp³-hybridized carbons (Fsp3) is 0.750. The first kappa shape index (κ1) is 26.3. The average Bonchev–Trinajstić information content (AvgIpc) is 3.18. The van der Waals surface area contributed by atoms with Crippen LogP contribution >= 0.6 is 0 Å². The van der Waals surface area contributed by atoms with Gasteiger partial charge in [0.2, 0.25) is 23.6 Å². The molecule has 0 aromatic heterocycles. The van der Waals surface area contributed by atoms with Crippen LogP contribution in [0, 0.1) is 11.8 Å². The lowest BCUT2D eigenvalue weighted by Crippen LogP contribution is -2.58. The Morgan fingerprint density at radius 2 is 1.61 bits per heavy atom. The number of hydrogen-bond donors (Lipinski definition) is 6. The molecule has 0 spiro atoms. The standard InChI is InChI=1S/C20H35N5O6/c1-10(2)8-13(19(29)25-16(11(3)4)20(30)31)23-18(28)14(9-15(21)26)24-17(27)12-6-5-7-22-12/h10-14,16,22H,5-9H2,1-4H3,(H2,21,26)(H,23,28)(H,24,27)(H,25,29)(H,30,31). The van der Waals surface area contributed by atoms with Crippen molar-refractivity contribution in [3.8, 4) is 0 Å². The minimum atomic E-state index is -1.24. The van der Waals surface area contributed by atoms with Gasteiger partial charge in [-0.15, -0.1) is 0 Å². The molecule has 176 valence electrons. The van der Waals surface area contributed by atoms with Crippen LogP contribution in [0.25, 0.3) is 0 Å². The molecule has 11 nitrogen and oxygen atoms in total. The van der Waals surface area contributed by atoms with Crippen molar-refractivity contribution in [2.24, 2.45) is 17.6 Å². The summed E-state index contributed by atoms with van der Waals surface area (Å²) in [7, 11) is 0. The fourth-order valence-electron chi connectivity index (χ4n) is 3.33. The van der Waals surface area contributed by atoms with E-state index in [0.29, 0.717) is 13.0 Å². The molecule has 0 aromatic carbocycles. The van der Waals surface area contributed by atoms with E-state index in [-0.39, 0.29) is 18.3 Å². The average molecular weight is 442 g/mol. The minimum absolute atomic E-state index is 0.00486. The molecule has 7 N–H and O–H groups in total. The summed E-state index contributed by atoms with van der Waals surface area (Å²) in [6.45, 7) is 7.69. The van der Waals surface area contributed by atoms with E-state index in [1.165, 1.54) is 0 Å². The predicted octanol–water partition coefficient (Wildman–Crippen LogP) is -1.15. The number of carboxylic acids is 1. The van der Waals surface area contributed by atoms with Crippen molar-refractivity contribution < 1.29 is 29.1 Å². The molecule has 0 saturated carbocycles. The van der Waals surface area contributed by atoms with Gasteiger partial charge in [-0.3, -0.25) is 19.2 Å². The molecule has 4 amide bonds. The van der Waals surface area contributed by atoms with Crippen molar-refractivity contribution in [1.82, 2.24) is 21.3 Å². The molecule has 1 aliphatic rings. The third-order valence-electron chi connectivity index (χ3n) is 4.99. The summed E-state index contributed by atoms with van der Waals surface area (Å²) in [4.78, 5) is 60.8. The van der Waals surface area contributed by atoms with Crippen molar-refractivity contribution >= 4 is 29.6 Å². The molecule has 1 heterocycles. The van der Waals surface area contributed by atoms with E-state index in [2.05, 4.69) is 21.3 Å². The number of nitrogens with one attached hydrogen (secondary N) is 4. The quantitative estimate of drug-likeness (QED) is 0.221. The first-order chi connectivity index (χ1) is 14.4. The zero-order chi connectivity index (χ0) is 23.7. The minimum Gasteiger partial charge on any atom is -0.480 e. The molecule has 0 bridgehead atoms. The van der Waals surface area contributed by atoms with Crippen LogP contribution in [0.1, 0.15) is 53.4 Å². The third kappa shape index (κ3) is 8.91. The van der Waals surface area contributed by atoms with E-state index in [0.717, 1.165) is 6.42 Å². The van der Waals surface area contributed by atoms with Gasteiger partial charge in [0.1, 0.15) is 18.1 Å². The lowest BCUT2D eigenvalue weighted by molar-refractivity contribution is -0.143. The lowest BCUT2D eigenvalue weighted by atomic mass is 10.00. The normalized spacial score (nSPS) is 18.8. The zero-order valence-corrected chi connectivity index (χ0v) is 18.6. The molecule has 0 aromatic rings. The summed E-state index contributed by atoms with van der Waals surface area (Å²) in [6.07, 6.45) is 1.25. The topological polar surface area (TPSA) is 180 Å². The molecular weight excluding hydrogens is 406 g/mol. The number of aliphatic carboxylic acids is 1. The van der Waals surface area contributed by atoms with Crippen LogP contribution in [0.4, 0.5) is 0 Å². The Labute approximate surface area is 182 Å². The highest BCUT2D eigenvalue weighted by atomic mass is 16.4. The van der Waals surface area contributed by atoms with Crippen LogP contribution in [0.15, 0.2) is 0 Å². The highest BCUT2D eigenvalue weighted by Gasteiger charge is 2.33. The van der Waals surface area contributed by atoms with Crippen LogP contribution in [-0.2, 0) is 24.0 Å². The maximum atomic E-state index is 12.8. The molecule has 0 aliphatic carbocycles. The summed E-state index contributed by atoms with van der Waals surface area (Å²) in [5, 5.41) is 19.8. The second-order valence-corrected chi connectivity index (χ2v) is 8.64. The smallest absolute Gasteiger partial charge is 0.326 e. The Morgan fingerprint density at radius 3 is 2.06 bits per heavy atom. The van der Waals surface area contributed by atoms with Gasteiger partial charge in [-0.25, -0.2) is 4.79 Å².